The number of aryl methyl sites for hydroxylation is 1. The van der Waals surface area contributed by atoms with Gasteiger partial charge in [-0.1, -0.05) is 6.92 Å². The molecule has 0 unspecified atom stereocenters. The van der Waals surface area contributed by atoms with Crippen LogP contribution in [-0.4, -0.2) is 40.5 Å². The largest absolute Gasteiger partial charge is 0.308 e. The third-order valence-electron chi connectivity index (χ3n) is 2.10. The van der Waals surface area contributed by atoms with Gasteiger partial charge in [0.1, 0.15) is 4.21 Å². The molecule has 0 saturated heterocycles. The van der Waals surface area contributed by atoms with Gasteiger partial charge in [-0.15, -0.1) is 11.3 Å². The quantitative estimate of drug-likeness (QED) is 0.836. The minimum atomic E-state index is -3.30. The van der Waals surface area contributed by atoms with Crippen molar-refractivity contribution in [2.75, 3.05) is 27.2 Å². The van der Waals surface area contributed by atoms with E-state index in [1.165, 1.54) is 11.3 Å². The van der Waals surface area contributed by atoms with E-state index in [-0.39, 0.29) is 0 Å². The molecular formula is C10H18N2O2S2. The van der Waals surface area contributed by atoms with Gasteiger partial charge in [0.05, 0.1) is 0 Å². The van der Waals surface area contributed by atoms with Gasteiger partial charge in [0.25, 0.3) is 0 Å². The van der Waals surface area contributed by atoms with Crippen molar-refractivity contribution >= 4 is 21.4 Å². The number of nitrogens with one attached hydrogen (secondary N) is 1. The smallest absolute Gasteiger partial charge is 0.250 e. The number of hydrogen-bond acceptors (Lipinski definition) is 4. The molecule has 0 spiro atoms. The first-order valence-electron chi connectivity index (χ1n) is 5.19. The molecule has 0 atom stereocenters. The Morgan fingerprint density at radius 2 is 2.06 bits per heavy atom. The summed E-state index contributed by atoms with van der Waals surface area (Å²) in [5.41, 5.74) is 0. The lowest BCUT2D eigenvalue weighted by molar-refractivity contribution is 0.412. The van der Waals surface area contributed by atoms with Crippen LogP contribution < -0.4 is 4.72 Å². The minimum absolute atomic E-state index is 0.406. The molecular weight excluding hydrogens is 244 g/mol. The van der Waals surface area contributed by atoms with Crippen LogP contribution in [0.2, 0.25) is 0 Å². The van der Waals surface area contributed by atoms with Gasteiger partial charge in [0.2, 0.25) is 10.0 Å². The van der Waals surface area contributed by atoms with E-state index in [2.05, 4.69) is 4.72 Å². The highest BCUT2D eigenvalue weighted by Crippen LogP contribution is 2.21. The highest BCUT2D eigenvalue weighted by atomic mass is 32.2. The van der Waals surface area contributed by atoms with Gasteiger partial charge in [-0.3, -0.25) is 0 Å². The number of likely N-dealkylation sites (N-methyl/N-ethyl adjacent to an activating group) is 1. The van der Waals surface area contributed by atoms with Gasteiger partial charge < -0.3 is 4.90 Å². The molecule has 1 aromatic heterocycles. The number of thiophene rings is 1. The fraction of sp³-hybridized carbons (Fsp3) is 0.600. The van der Waals surface area contributed by atoms with Crippen LogP contribution in [0, 0.1) is 0 Å². The van der Waals surface area contributed by atoms with Crippen LogP contribution in [0.15, 0.2) is 16.3 Å². The van der Waals surface area contributed by atoms with Crippen LogP contribution in [0.3, 0.4) is 0 Å². The average molecular weight is 262 g/mol. The molecule has 0 bridgehead atoms. The Hall–Kier alpha value is -0.430. The van der Waals surface area contributed by atoms with Gasteiger partial charge in [-0.2, -0.15) is 0 Å². The van der Waals surface area contributed by atoms with Gasteiger partial charge in [-0.05, 0) is 32.6 Å². The summed E-state index contributed by atoms with van der Waals surface area (Å²) in [6.45, 7) is 3.15. The molecule has 0 radical (unpaired) electrons. The highest BCUT2D eigenvalue weighted by Gasteiger charge is 2.15. The Balaban J connectivity index is 2.63. The van der Waals surface area contributed by atoms with Crippen molar-refractivity contribution in [3.63, 3.8) is 0 Å². The van der Waals surface area contributed by atoms with Crippen molar-refractivity contribution in [2.45, 2.75) is 17.6 Å². The molecule has 16 heavy (non-hydrogen) atoms. The van der Waals surface area contributed by atoms with E-state index in [0.717, 1.165) is 11.3 Å². The summed E-state index contributed by atoms with van der Waals surface area (Å²) in [4.78, 5) is 3.03. The van der Waals surface area contributed by atoms with Gasteiger partial charge in [-0.25, -0.2) is 13.1 Å². The second-order valence-electron chi connectivity index (χ2n) is 3.78. The Labute approximate surface area is 101 Å². The van der Waals surface area contributed by atoms with Crippen molar-refractivity contribution < 1.29 is 8.42 Å². The maximum Gasteiger partial charge on any atom is 0.250 e. The lowest BCUT2D eigenvalue weighted by Crippen LogP contribution is -2.30. The van der Waals surface area contributed by atoms with E-state index >= 15 is 0 Å². The second-order valence-corrected chi connectivity index (χ2v) is 6.94. The first kappa shape index (κ1) is 13.6. The molecule has 0 fully saturated rings. The molecule has 4 nitrogen and oxygen atoms in total. The van der Waals surface area contributed by atoms with E-state index in [1.54, 1.807) is 6.07 Å². The molecule has 0 aromatic carbocycles. The summed E-state index contributed by atoms with van der Waals surface area (Å²) in [5, 5.41) is 0. The Bertz CT molecular complexity index is 424. The van der Waals surface area contributed by atoms with E-state index in [4.69, 9.17) is 0 Å². The molecule has 1 N–H and O–H groups in total. The number of hydrogen-bond donors (Lipinski definition) is 1. The summed E-state index contributed by atoms with van der Waals surface area (Å²) < 4.78 is 26.6. The Morgan fingerprint density at radius 3 is 2.56 bits per heavy atom. The normalized spacial score (nSPS) is 12.2. The first-order chi connectivity index (χ1) is 7.45. The molecule has 0 saturated carbocycles. The third-order valence-corrected chi connectivity index (χ3v) is 5.28. The van der Waals surface area contributed by atoms with E-state index in [9.17, 15) is 8.42 Å². The minimum Gasteiger partial charge on any atom is -0.308 e. The summed E-state index contributed by atoms with van der Waals surface area (Å²) in [6, 6.07) is 3.53. The molecule has 1 heterocycles. The lowest BCUT2D eigenvalue weighted by Gasteiger charge is -2.09. The van der Waals surface area contributed by atoms with Crippen molar-refractivity contribution in [3.8, 4) is 0 Å². The summed E-state index contributed by atoms with van der Waals surface area (Å²) in [5.74, 6) is 0. The monoisotopic (exact) mass is 262 g/mol. The number of sulfonamides is 1. The predicted molar refractivity (Wildman–Crippen MR) is 67.4 cm³/mol. The predicted octanol–water partition coefficient (Wildman–Crippen LogP) is 1.15. The van der Waals surface area contributed by atoms with Gasteiger partial charge in [0.15, 0.2) is 0 Å². The van der Waals surface area contributed by atoms with Crippen LogP contribution in [0.4, 0.5) is 0 Å². The summed E-state index contributed by atoms with van der Waals surface area (Å²) >= 11 is 1.33. The van der Waals surface area contributed by atoms with Crippen molar-refractivity contribution in [1.29, 1.82) is 0 Å². The Morgan fingerprint density at radius 1 is 1.38 bits per heavy atom. The zero-order valence-corrected chi connectivity index (χ0v) is 11.5. The Kier molecular flexibility index (Phi) is 4.91. The SMILES string of the molecule is CCc1ccc(S(=O)(=O)NCCN(C)C)s1. The fourth-order valence-corrected chi connectivity index (χ4v) is 3.53. The summed E-state index contributed by atoms with van der Waals surface area (Å²) in [7, 11) is 0.519. The second kappa shape index (κ2) is 5.77. The molecule has 1 rings (SSSR count). The van der Waals surface area contributed by atoms with Crippen molar-refractivity contribution in [3.05, 3.63) is 17.0 Å². The van der Waals surface area contributed by atoms with E-state index in [0.29, 0.717) is 17.3 Å². The molecule has 92 valence electrons. The van der Waals surface area contributed by atoms with Crippen LogP contribution >= 0.6 is 11.3 Å². The molecule has 0 aliphatic heterocycles. The highest BCUT2D eigenvalue weighted by molar-refractivity contribution is 7.91. The maximum absolute atomic E-state index is 11.8. The fourth-order valence-electron chi connectivity index (χ4n) is 1.17. The van der Waals surface area contributed by atoms with Crippen LogP contribution in [0.1, 0.15) is 11.8 Å². The molecule has 0 aliphatic rings. The van der Waals surface area contributed by atoms with Gasteiger partial charge >= 0.3 is 0 Å². The summed E-state index contributed by atoms with van der Waals surface area (Å²) in [6.07, 6.45) is 0.873. The number of rotatable bonds is 6. The van der Waals surface area contributed by atoms with E-state index < -0.39 is 10.0 Å². The van der Waals surface area contributed by atoms with Crippen molar-refractivity contribution in [1.82, 2.24) is 9.62 Å². The molecule has 0 amide bonds. The number of nitrogens with zero attached hydrogens (tertiary/aromatic N) is 1. The zero-order valence-electron chi connectivity index (χ0n) is 9.86. The average Bonchev–Trinajstić information content (AvgIpc) is 2.65. The molecule has 1 aromatic rings. The topological polar surface area (TPSA) is 49.4 Å². The van der Waals surface area contributed by atoms with Crippen LogP contribution in [-0.2, 0) is 16.4 Å². The molecule has 6 heteroatoms. The van der Waals surface area contributed by atoms with E-state index in [1.807, 2.05) is 32.0 Å². The lowest BCUT2D eigenvalue weighted by atomic mass is 10.4. The third kappa shape index (κ3) is 3.86. The molecule has 0 aliphatic carbocycles. The van der Waals surface area contributed by atoms with Crippen LogP contribution in [0.25, 0.3) is 0 Å². The first-order valence-corrected chi connectivity index (χ1v) is 7.49. The van der Waals surface area contributed by atoms with Crippen molar-refractivity contribution in [2.24, 2.45) is 0 Å². The van der Waals surface area contributed by atoms with Gasteiger partial charge in [0, 0.05) is 18.0 Å². The zero-order chi connectivity index (χ0) is 12.2. The maximum atomic E-state index is 11.8. The van der Waals surface area contributed by atoms with Crippen LogP contribution in [0.5, 0.6) is 0 Å². The standard InChI is InChI=1S/C10H18N2O2S2/c1-4-9-5-6-10(15-9)16(13,14)11-7-8-12(2)3/h5-6,11H,4,7-8H2,1-3H3.